The van der Waals surface area contributed by atoms with Gasteiger partial charge in [0.2, 0.25) is 5.91 Å². The number of urea groups is 1. The van der Waals surface area contributed by atoms with Gasteiger partial charge in [-0.25, -0.2) is 4.79 Å². The van der Waals surface area contributed by atoms with Gasteiger partial charge in [-0.1, -0.05) is 23.7 Å². The number of carbonyl (C=O) groups excluding carboxylic acids is 2. The molecule has 0 aliphatic carbocycles. The van der Waals surface area contributed by atoms with Crippen LogP contribution in [0.3, 0.4) is 0 Å². The standard InChI is InChI=1S/C20H22ClN3O3/c1-20(2)12-27-17-10-15(8-9-16(17)24(3)18(20)25)23-19(26)22-11-13-4-6-14(21)7-5-13/h4-10H,11-12H2,1-3H3,(H2,22,23,26). The lowest BCUT2D eigenvalue weighted by atomic mass is 9.93. The highest BCUT2D eigenvalue weighted by Gasteiger charge is 2.36. The summed E-state index contributed by atoms with van der Waals surface area (Å²) in [6, 6.07) is 12.2. The van der Waals surface area contributed by atoms with Gasteiger partial charge in [-0.15, -0.1) is 0 Å². The van der Waals surface area contributed by atoms with Crippen molar-refractivity contribution in [2.45, 2.75) is 20.4 Å². The van der Waals surface area contributed by atoms with E-state index in [2.05, 4.69) is 10.6 Å². The van der Waals surface area contributed by atoms with Crippen molar-refractivity contribution in [3.8, 4) is 5.75 Å². The fourth-order valence-corrected chi connectivity index (χ4v) is 2.95. The quantitative estimate of drug-likeness (QED) is 0.834. The molecule has 1 aliphatic rings. The first-order chi connectivity index (χ1) is 12.8. The number of fused-ring (bicyclic) bond motifs is 1. The molecule has 6 nitrogen and oxygen atoms in total. The molecule has 0 atom stereocenters. The smallest absolute Gasteiger partial charge is 0.319 e. The summed E-state index contributed by atoms with van der Waals surface area (Å²) < 4.78 is 5.82. The van der Waals surface area contributed by atoms with Crippen LogP contribution in [0.5, 0.6) is 5.75 Å². The van der Waals surface area contributed by atoms with Crippen molar-refractivity contribution in [2.24, 2.45) is 5.41 Å². The first-order valence-corrected chi connectivity index (χ1v) is 8.98. The Morgan fingerprint density at radius 2 is 1.93 bits per heavy atom. The van der Waals surface area contributed by atoms with Crippen LogP contribution in [0, 0.1) is 5.41 Å². The van der Waals surface area contributed by atoms with E-state index in [1.807, 2.05) is 26.0 Å². The Labute approximate surface area is 163 Å². The lowest BCUT2D eigenvalue weighted by Crippen LogP contribution is -2.39. The largest absolute Gasteiger partial charge is 0.490 e. The van der Waals surface area contributed by atoms with E-state index in [1.165, 1.54) is 0 Å². The van der Waals surface area contributed by atoms with Gasteiger partial charge in [-0.05, 0) is 43.7 Å². The van der Waals surface area contributed by atoms with Gasteiger partial charge in [-0.3, -0.25) is 4.79 Å². The molecule has 142 valence electrons. The Balaban J connectivity index is 1.67. The number of anilines is 2. The van der Waals surface area contributed by atoms with Crippen molar-refractivity contribution >= 4 is 34.9 Å². The summed E-state index contributed by atoms with van der Waals surface area (Å²) in [4.78, 5) is 26.2. The fraction of sp³-hybridized carbons (Fsp3) is 0.300. The number of nitrogens with one attached hydrogen (secondary N) is 2. The third kappa shape index (κ3) is 4.34. The summed E-state index contributed by atoms with van der Waals surface area (Å²) in [5.41, 5.74) is 1.60. The van der Waals surface area contributed by atoms with Crippen molar-refractivity contribution in [3.05, 3.63) is 53.1 Å². The molecule has 1 heterocycles. The minimum Gasteiger partial charge on any atom is -0.490 e. The van der Waals surface area contributed by atoms with Crippen LogP contribution in [0.1, 0.15) is 19.4 Å². The molecule has 0 saturated heterocycles. The Bertz CT molecular complexity index is 865. The predicted octanol–water partition coefficient (Wildman–Crippen LogP) is 4.04. The number of ether oxygens (including phenoxy) is 1. The van der Waals surface area contributed by atoms with Crippen molar-refractivity contribution < 1.29 is 14.3 Å². The Morgan fingerprint density at radius 3 is 2.63 bits per heavy atom. The van der Waals surface area contributed by atoms with E-state index < -0.39 is 5.41 Å². The van der Waals surface area contributed by atoms with Crippen molar-refractivity contribution in [1.29, 1.82) is 0 Å². The van der Waals surface area contributed by atoms with Gasteiger partial charge in [0.25, 0.3) is 0 Å². The van der Waals surface area contributed by atoms with Crippen LogP contribution >= 0.6 is 11.6 Å². The van der Waals surface area contributed by atoms with Crippen LogP contribution in [0.25, 0.3) is 0 Å². The van der Waals surface area contributed by atoms with Gasteiger partial charge < -0.3 is 20.3 Å². The van der Waals surface area contributed by atoms with E-state index in [9.17, 15) is 9.59 Å². The van der Waals surface area contributed by atoms with Gasteiger partial charge in [-0.2, -0.15) is 0 Å². The van der Waals surface area contributed by atoms with Gasteiger partial charge in [0.15, 0.2) is 0 Å². The third-order valence-corrected chi connectivity index (χ3v) is 4.67. The molecule has 0 unspecified atom stereocenters. The maximum absolute atomic E-state index is 12.5. The van der Waals surface area contributed by atoms with E-state index in [0.29, 0.717) is 28.7 Å². The lowest BCUT2D eigenvalue weighted by Gasteiger charge is -2.24. The lowest BCUT2D eigenvalue weighted by molar-refractivity contribution is -0.127. The monoisotopic (exact) mass is 387 g/mol. The van der Waals surface area contributed by atoms with E-state index in [4.69, 9.17) is 16.3 Å². The number of amides is 3. The number of rotatable bonds is 3. The molecule has 0 saturated carbocycles. The van der Waals surface area contributed by atoms with Crippen LogP contribution in [-0.4, -0.2) is 25.6 Å². The number of benzene rings is 2. The van der Waals surface area contributed by atoms with Crippen LogP contribution in [0.2, 0.25) is 5.02 Å². The van der Waals surface area contributed by atoms with E-state index >= 15 is 0 Å². The number of carbonyl (C=O) groups is 2. The number of nitrogens with zero attached hydrogens (tertiary/aromatic N) is 1. The highest BCUT2D eigenvalue weighted by molar-refractivity contribution is 6.30. The number of halogens is 1. The maximum Gasteiger partial charge on any atom is 0.319 e. The second-order valence-corrected chi connectivity index (χ2v) is 7.59. The molecule has 3 amide bonds. The molecule has 2 N–H and O–H groups in total. The second kappa shape index (κ2) is 7.48. The van der Waals surface area contributed by atoms with E-state index in [-0.39, 0.29) is 18.5 Å². The predicted molar refractivity (Wildman–Crippen MR) is 106 cm³/mol. The van der Waals surface area contributed by atoms with Crippen LogP contribution in [0.4, 0.5) is 16.2 Å². The highest BCUT2D eigenvalue weighted by atomic mass is 35.5. The molecular weight excluding hydrogens is 366 g/mol. The average molecular weight is 388 g/mol. The van der Waals surface area contributed by atoms with Gasteiger partial charge in [0, 0.05) is 30.4 Å². The SMILES string of the molecule is CN1C(=O)C(C)(C)COc2cc(NC(=O)NCc3ccc(Cl)cc3)ccc21. The third-order valence-electron chi connectivity index (χ3n) is 4.42. The zero-order valence-corrected chi connectivity index (χ0v) is 16.3. The summed E-state index contributed by atoms with van der Waals surface area (Å²) in [5.74, 6) is 0.551. The Hall–Kier alpha value is -2.73. The second-order valence-electron chi connectivity index (χ2n) is 7.15. The molecule has 27 heavy (non-hydrogen) atoms. The van der Waals surface area contributed by atoms with Crippen molar-refractivity contribution in [3.63, 3.8) is 0 Å². The van der Waals surface area contributed by atoms with Crippen molar-refractivity contribution in [2.75, 3.05) is 23.9 Å². The Morgan fingerprint density at radius 1 is 1.22 bits per heavy atom. The van der Waals surface area contributed by atoms with Gasteiger partial charge >= 0.3 is 6.03 Å². The fourth-order valence-electron chi connectivity index (χ4n) is 2.83. The van der Waals surface area contributed by atoms with E-state index in [0.717, 1.165) is 5.56 Å². The van der Waals surface area contributed by atoms with Gasteiger partial charge in [0.05, 0.1) is 11.1 Å². The summed E-state index contributed by atoms with van der Waals surface area (Å²) in [7, 11) is 1.73. The molecule has 1 aliphatic heterocycles. The zero-order valence-electron chi connectivity index (χ0n) is 15.5. The van der Waals surface area contributed by atoms with Crippen LogP contribution in [-0.2, 0) is 11.3 Å². The first kappa shape index (κ1) is 19.0. The first-order valence-electron chi connectivity index (χ1n) is 8.60. The molecule has 7 heteroatoms. The summed E-state index contributed by atoms with van der Waals surface area (Å²) in [6.07, 6.45) is 0. The minimum atomic E-state index is -0.614. The summed E-state index contributed by atoms with van der Waals surface area (Å²) in [5, 5.41) is 6.22. The normalized spacial score (nSPS) is 15.4. The maximum atomic E-state index is 12.5. The van der Waals surface area contributed by atoms with Crippen LogP contribution in [0.15, 0.2) is 42.5 Å². The molecule has 2 aromatic carbocycles. The molecule has 0 spiro atoms. The van der Waals surface area contributed by atoms with Crippen molar-refractivity contribution in [1.82, 2.24) is 5.32 Å². The summed E-state index contributed by atoms with van der Waals surface area (Å²) in [6.45, 7) is 4.35. The molecule has 0 radical (unpaired) electrons. The molecular formula is C20H22ClN3O3. The molecule has 2 aromatic rings. The topological polar surface area (TPSA) is 70.7 Å². The summed E-state index contributed by atoms with van der Waals surface area (Å²) >= 11 is 5.85. The number of hydrogen-bond donors (Lipinski definition) is 2. The molecule has 0 fully saturated rings. The van der Waals surface area contributed by atoms with Crippen LogP contribution < -0.4 is 20.3 Å². The number of hydrogen-bond acceptors (Lipinski definition) is 3. The zero-order chi connectivity index (χ0) is 19.6. The average Bonchev–Trinajstić information content (AvgIpc) is 2.72. The van der Waals surface area contributed by atoms with E-state index in [1.54, 1.807) is 42.3 Å². The molecule has 0 aromatic heterocycles. The minimum absolute atomic E-state index is 0.0114. The van der Waals surface area contributed by atoms with Gasteiger partial charge in [0.1, 0.15) is 12.4 Å². The highest BCUT2D eigenvalue weighted by Crippen LogP contribution is 2.37. The molecule has 3 rings (SSSR count). The Kier molecular flexibility index (Phi) is 5.28. The molecule has 0 bridgehead atoms.